The first-order valence-corrected chi connectivity index (χ1v) is 11.9. The van der Waals surface area contributed by atoms with Crippen LogP contribution in [0, 0.1) is 5.92 Å². The Bertz CT molecular complexity index is 1330. The molecule has 2 atom stereocenters. The summed E-state index contributed by atoms with van der Waals surface area (Å²) in [6.07, 6.45) is 2.52. The van der Waals surface area contributed by atoms with Gasteiger partial charge in [-0.2, -0.15) is 0 Å². The lowest BCUT2D eigenvalue weighted by molar-refractivity contribution is 0.378. The molecule has 0 bridgehead atoms. The Kier molecular flexibility index (Phi) is 7.54. The maximum Gasteiger partial charge on any atom is 0.157 e. The van der Waals surface area contributed by atoms with Crippen molar-refractivity contribution in [1.82, 2.24) is 0 Å². The molecule has 4 aromatic rings. The van der Waals surface area contributed by atoms with Crippen LogP contribution in [0.5, 0.6) is 34.5 Å². The minimum absolute atomic E-state index is 0.0223. The van der Waals surface area contributed by atoms with Gasteiger partial charge in [0, 0.05) is 0 Å². The molecule has 0 fully saturated rings. The van der Waals surface area contributed by atoms with Crippen LogP contribution >= 0.6 is 0 Å². The lowest BCUT2D eigenvalue weighted by Crippen LogP contribution is -2.19. The highest BCUT2D eigenvalue weighted by molar-refractivity contribution is 5.43. The second-order valence-electron chi connectivity index (χ2n) is 9.22. The molecule has 0 aliphatic heterocycles. The lowest BCUT2D eigenvalue weighted by atomic mass is 9.76. The fourth-order valence-corrected chi connectivity index (χ4v) is 4.77. The van der Waals surface area contributed by atoms with Gasteiger partial charge in [-0.05, 0) is 108 Å². The largest absolute Gasteiger partial charge is 0.508 e. The lowest BCUT2D eigenvalue weighted by Gasteiger charge is -2.29. The van der Waals surface area contributed by atoms with E-state index in [-0.39, 0.29) is 46.3 Å². The molecule has 4 aromatic carbocycles. The topological polar surface area (TPSA) is 121 Å². The maximum atomic E-state index is 10.3. The monoisotopic (exact) mass is 486 g/mol. The van der Waals surface area contributed by atoms with E-state index in [9.17, 15) is 30.6 Å². The Balaban J connectivity index is 1.72. The standard InChI is InChI=1S/C30H30O6/c31-24-5-1-3-20(14-24)13-22(9-7-19-8-11-27(33)29(35)17-19)26(16-21-4-2-6-25(32)15-21)23-10-12-28(34)30(36)18-23/h1-6,8,10-12,14-15,17-18,22,26,31-36H,7,9,13,16H2/t22-,26-/m1/s1. The van der Waals surface area contributed by atoms with Crippen molar-refractivity contribution in [1.29, 1.82) is 0 Å². The zero-order valence-electron chi connectivity index (χ0n) is 19.7. The van der Waals surface area contributed by atoms with Crippen molar-refractivity contribution in [2.24, 2.45) is 5.92 Å². The number of phenolic OH excluding ortho intramolecular Hbond substituents is 6. The first kappa shape index (κ1) is 24.8. The van der Waals surface area contributed by atoms with E-state index < -0.39 is 0 Å². The molecule has 0 aliphatic carbocycles. The van der Waals surface area contributed by atoms with Crippen molar-refractivity contribution in [3.8, 4) is 34.5 Å². The van der Waals surface area contributed by atoms with Crippen LogP contribution in [-0.4, -0.2) is 30.6 Å². The van der Waals surface area contributed by atoms with E-state index in [1.807, 2.05) is 12.1 Å². The van der Waals surface area contributed by atoms with Gasteiger partial charge >= 0.3 is 0 Å². The van der Waals surface area contributed by atoms with Gasteiger partial charge < -0.3 is 30.6 Å². The second-order valence-corrected chi connectivity index (χ2v) is 9.22. The maximum absolute atomic E-state index is 10.3. The molecule has 0 spiro atoms. The highest BCUT2D eigenvalue weighted by atomic mass is 16.3. The van der Waals surface area contributed by atoms with Crippen LogP contribution in [-0.2, 0) is 19.3 Å². The van der Waals surface area contributed by atoms with Crippen molar-refractivity contribution in [3.05, 3.63) is 107 Å². The summed E-state index contributed by atoms with van der Waals surface area (Å²) < 4.78 is 0. The molecule has 36 heavy (non-hydrogen) atoms. The number of benzene rings is 4. The first-order chi connectivity index (χ1) is 17.3. The Labute approximate surface area is 210 Å². The van der Waals surface area contributed by atoms with Crippen molar-refractivity contribution in [3.63, 3.8) is 0 Å². The van der Waals surface area contributed by atoms with E-state index in [1.54, 1.807) is 60.7 Å². The number of aromatic hydroxyl groups is 6. The third kappa shape index (κ3) is 6.21. The fraction of sp³-hybridized carbons (Fsp3) is 0.200. The summed E-state index contributed by atoms with van der Waals surface area (Å²) >= 11 is 0. The van der Waals surface area contributed by atoms with Crippen LogP contribution in [0.2, 0.25) is 0 Å². The van der Waals surface area contributed by atoms with Gasteiger partial charge in [0.1, 0.15) is 11.5 Å². The van der Waals surface area contributed by atoms with E-state index in [2.05, 4.69) is 0 Å². The van der Waals surface area contributed by atoms with Crippen LogP contribution < -0.4 is 0 Å². The first-order valence-electron chi connectivity index (χ1n) is 11.9. The molecule has 6 heteroatoms. The third-order valence-electron chi connectivity index (χ3n) is 6.61. The number of rotatable bonds is 9. The summed E-state index contributed by atoms with van der Waals surface area (Å²) in [7, 11) is 0. The summed E-state index contributed by atoms with van der Waals surface area (Å²) in [4.78, 5) is 0. The van der Waals surface area contributed by atoms with Gasteiger partial charge in [-0.25, -0.2) is 0 Å². The third-order valence-corrected chi connectivity index (χ3v) is 6.61. The molecular formula is C30H30O6. The van der Waals surface area contributed by atoms with Crippen LogP contribution in [0.25, 0.3) is 0 Å². The van der Waals surface area contributed by atoms with Crippen LogP contribution in [0.1, 0.15) is 34.6 Å². The molecule has 0 saturated heterocycles. The summed E-state index contributed by atoms with van der Waals surface area (Å²) in [5.41, 5.74) is 3.59. The fourth-order valence-electron chi connectivity index (χ4n) is 4.77. The number of hydrogen-bond acceptors (Lipinski definition) is 6. The summed E-state index contributed by atoms with van der Waals surface area (Å²) in [6.45, 7) is 0. The SMILES string of the molecule is Oc1cccc(C[C@@H](CCc2ccc(O)c(O)c2)[C@@H](Cc2cccc(O)c2)c2ccc(O)c(O)c2)c1. The summed E-state index contributed by atoms with van der Waals surface area (Å²) in [5, 5.41) is 59.9. The van der Waals surface area contributed by atoms with Gasteiger partial charge in [0.25, 0.3) is 0 Å². The van der Waals surface area contributed by atoms with Crippen molar-refractivity contribution >= 4 is 0 Å². The Morgan fingerprint density at radius 3 is 1.67 bits per heavy atom. The molecule has 0 radical (unpaired) electrons. The highest BCUT2D eigenvalue weighted by Gasteiger charge is 2.25. The molecular weight excluding hydrogens is 456 g/mol. The van der Waals surface area contributed by atoms with Gasteiger partial charge in [-0.15, -0.1) is 0 Å². The average molecular weight is 487 g/mol. The summed E-state index contributed by atoms with van der Waals surface area (Å²) in [6, 6.07) is 23.8. The normalized spacial score (nSPS) is 12.8. The zero-order valence-corrected chi connectivity index (χ0v) is 19.7. The molecule has 0 heterocycles. The molecule has 0 aromatic heterocycles. The molecule has 0 aliphatic rings. The van der Waals surface area contributed by atoms with Gasteiger partial charge in [0.05, 0.1) is 0 Å². The van der Waals surface area contributed by atoms with E-state index >= 15 is 0 Å². The Hall–Kier alpha value is -4.32. The number of aryl methyl sites for hydroxylation is 1. The average Bonchev–Trinajstić information content (AvgIpc) is 2.84. The van der Waals surface area contributed by atoms with Crippen molar-refractivity contribution in [2.75, 3.05) is 0 Å². The zero-order chi connectivity index (χ0) is 25.7. The van der Waals surface area contributed by atoms with Gasteiger partial charge in [0.2, 0.25) is 0 Å². The van der Waals surface area contributed by atoms with Crippen LogP contribution in [0.15, 0.2) is 84.9 Å². The van der Waals surface area contributed by atoms with E-state index in [4.69, 9.17) is 0 Å². The minimum Gasteiger partial charge on any atom is -0.508 e. The molecule has 186 valence electrons. The number of phenols is 6. The van der Waals surface area contributed by atoms with E-state index in [0.717, 1.165) is 22.3 Å². The molecule has 0 saturated carbocycles. The van der Waals surface area contributed by atoms with Crippen LogP contribution in [0.3, 0.4) is 0 Å². The molecule has 0 unspecified atom stereocenters. The smallest absolute Gasteiger partial charge is 0.157 e. The van der Waals surface area contributed by atoms with Gasteiger partial charge in [-0.3, -0.25) is 0 Å². The number of hydrogen-bond donors (Lipinski definition) is 6. The molecule has 6 N–H and O–H groups in total. The molecule has 6 nitrogen and oxygen atoms in total. The van der Waals surface area contributed by atoms with Crippen LogP contribution in [0.4, 0.5) is 0 Å². The van der Waals surface area contributed by atoms with Crippen molar-refractivity contribution < 1.29 is 30.6 Å². The van der Waals surface area contributed by atoms with E-state index in [0.29, 0.717) is 25.7 Å². The highest BCUT2D eigenvalue weighted by Crippen LogP contribution is 2.38. The van der Waals surface area contributed by atoms with Gasteiger partial charge in [0.15, 0.2) is 23.0 Å². The van der Waals surface area contributed by atoms with Gasteiger partial charge in [-0.1, -0.05) is 36.4 Å². The molecule has 0 amide bonds. The Morgan fingerprint density at radius 2 is 1.08 bits per heavy atom. The second kappa shape index (κ2) is 11.0. The predicted molar refractivity (Wildman–Crippen MR) is 138 cm³/mol. The van der Waals surface area contributed by atoms with E-state index in [1.165, 1.54) is 12.1 Å². The Morgan fingerprint density at radius 1 is 0.500 bits per heavy atom. The quantitative estimate of drug-likeness (QED) is 0.168. The predicted octanol–water partition coefficient (Wildman–Crippen LogP) is 5.74. The minimum atomic E-state index is -0.201. The summed E-state index contributed by atoms with van der Waals surface area (Å²) in [5.74, 6) is -0.467. The van der Waals surface area contributed by atoms with Crippen molar-refractivity contribution in [2.45, 2.75) is 31.6 Å². The molecule has 4 rings (SSSR count).